The number of hydrogen-bond donors (Lipinski definition) is 0. The van der Waals surface area contributed by atoms with Crippen molar-refractivity contribution < 1.29 is 13.2 Å². The summed E-state index contributed by atoms with van der Waals surface area (Å²) in [6.45, 7) is 3.10. The predicted octanol–water partition coefficient (Wildman–Crippen LogP) is 1.71. The topological polar surface area (TPSA) is 51.2 Å². The van der Waals surface area contributed by atoms with Crippen molar-refractivity contribution in [2.75, 3.05) is 0 Å². The van der Waals surface area contributed by atoms with Crippen LogP contribution in [-0.4, -0.2) is 14.2 Å². The highest BCUT2D eigenvalue weighted by Gasteiger charge is 2.32. The van der Waals surface area contributed by atoms with Crippen molar-refractivity contribution in [3.8, 4) is 0 Å². The first-order valence-corrected chi connectivity index (χ1v) is 6.00. The van der Waals surface area contributed by atoms with E-state index in [1.54, 1.807) is 6.07 Å². The summed E-state index contributed by atoms with van der Waals surface area (Å²) in [5.74, 6) is -0.411. The molecule has 0 N–H and O–H groups in total. The fraction of sp³-hybridized carbons (Fsp3) is 0.182. The third kappa shape index (κ3) is 1.33. The van der Waals surface area contributed by atoms with Crippen molar-refractivity contribution in [2.24, 2.45) is 0 Å². The molecule has 3 nitrogen and oxygen atoms in total. The standard InChI is InChI=1S/C11H10O3S/c1-7-4-3-5-10-9(7)6-11(8(2)12)15(10,13)14/h3-6H,1-2H3. The SMILES string of the molecule is CC(=O)C1=Cc2c(C)cccc2S1(=O)=O. The molecule has 1 aromatic rings. The first kappa shape index (κ1) is 10.1. The molecular formula is C11H10O3S. The summed E-state index contributed by atoms with van der Waals surface area (Å²) >= 11 is 0. The summed E-state index contributed by atoms with van der Waals surface area (Å²) in [6.07, 6.45) is 1.46. The van der Waals surface area contributed by atoms with E-state index in [0.717, 1.165) is 5.56 Å². The van der Waals surface area contributed by atoms with Crippen molar-refractivity contribution in [3.63, 3.8) is 0 Å². The number of fused-ring (bicyclic) bond motifs is 1. The highest BCUT2D eigenvalue weighted by Crippen LogP contribution is 2.34. The van der Waals surface area contributed by atoms with Crippen LogP contribution >= 0.6 is 0 Å². The van der Waals surface area contributed by atoms with Gasteiger partial charge in [-0.15, -0.1) is 0 Å². The Labute approximate surface area is 88.3 Å². The van der Waals surface area contributed by atoms with Gasteiger partial charge in [-0.1, -0.05) is 12.1 Å². The molecule has 0 aliphatic carbocycles. The van der Waals surface area contributed by atoms with E-state index >= 15 is 0 Å². The molecule has 1 aromatic carbocycles. The Morgan fingerprint density at radius 1 is 1.27 bits per heavy atom. The number of carbonyl (C=O) groups excluding carboxylic acids is 1. The van der Waals surface area contributed by atoms with Gasteiger partial charge in [0.2, 0.25) is 9.84 Å². The van der Waals surface area contributed by atoms with E-state index in [9.17, 15) is 13.2 Å². The number of allylic oxidation sites excluding steroid dienone is 1. The van der Waals surface area contributed by atoms with Gasteiger partial charge in [0, 0.05) is 0 Å². The summed E-state index contributed by atoms with van der Waals surface area (Å²) in [5, 5.41) is 0. The van der Waals surface area contributed by atoms with Crippen molar-refractivity contribution in [3.05, 3.63) is 34.2 Å². The van der Waals surface area contributed by atoms with Crippen LogP contribution in [0.4, 0.5) is 0 Å². The molecule has 4 heteroatoms. The minimum Gasteiger partial charge on any atom is -0.294 e. The van der Waals surface area contributed by atoms with Crippen LogP contribution in [0.25, 0.3) is 6.08 Å². The lowest BCUT2D eigenvalue weighted by atomic mass is 10.1. The number of ketones is 1. The van der Waals surface area contributed by atoms with Crippen LogP contribution in [0.2, 0.25) is 0 Å². The zero-order chi connectivity index (χ0) is 11.2. The molecule has 0 unspecified atom stereocenters. The Morgan fingerprint density at radius 2 is 1.93 bits per heavy atom. The normalized spacial score (nSPS) is 17.1. The number of benzene rings is 1. The molecule has 0 bridgehead atoms. The summed E-state index contributed by atoms with van der Waals surface area (Å²) in [4.78, 5) is 11.3. The number of rotatable bonds is 1. The largest absolute Gasteiger partial charge is 0.294 e. The van der Waals surface area contributed by atoms with E-state index in [1.807, 2.05) is 13.0 Å². The van der Waals surface area contributed by atoms with Crippen LogP contribution in [0.15, 0.2) is 28.0 Å². The average molecular weight is 222 g/mol. The first-order chi connectivity index (χ1) is 6.94. The molecule has 1 aliphatic heterocycles. The molecule has 0 saturated heterocycles. The predicted molar refractivity (Wildman–Crippen MR) is 57.0 cm³/mol. The molecule has 15 heavy (non-hydrogen) atoms. The van der Waals surface area contributed by atoms with Gasteiger partial charge in [0.25, 0.3) is 0 Å². The Kier molecular flexibility index (Phi) is 2.04. The molecule has 1 heterocycles. The van der Waals surface area contributed by atoms with Gasteiger partial charge in [-0.3, -0.25) is 4.79 Å². The third-order valence-electron chi connectivity index (χ3n) is 2.49. The average Bonchev–Trinajstić information content (AvgIpc) is 2.40. The van der Waals surface area contributed by atoms with E-state index < -0.39 is 15.6 Å². The van der Waals surface area contributed by atoms with Gasteiger partial charge in [0.05, 0.1) is 4.90 Å². The molecule has 0 spiro atoms. The number of hydrogen-bond acceptors (Lipinski definition) is 3. The van der Waals surface area contributed by atoms with Crippen LogP contribution < -0.4 is 0 Å². The highest BCUT2D eigenvalue weighted by atomic mass is 32.2. The lowest BCUT2D eigenvalue weighted by Crippen LogP contribution is -2.07. The maximum Gasteiger partial charge on any atom is 0.210 e. The second-order valence-corrected chi connectivity index (χ2v) is 5.44. The molecule has 0 saturated carbocycles. The fourth-order valence-electron chi connectivity index (χ4n) is 1.69. The number of Topliss-reactive ketones (excluding diaryl/α,β-unsaturated/α-hetero) is 1. The number of aryl methyl sites for hydroxylation is 1. The van der Waals surface area contributed by atoms with E-state index in [1.165, 1.54) is 19.1 Å². The molecular weight excluding hydrogens is 212 g/mol. The molecule has 78 valence electrons. The van der Waals surface area contributed by atoms with Crippen molar-refractivity contribution >= 4 is 21.7 Å². The van der Waals surface area contributed by atoms with Crippen LogP contribution in [0, 0.1) is 6.92 Å². The Hall–Kier alpha value is -1.42. The summed E-state index contributed by atoms with van der Waals surface area (Å²) in [5.41, 5.74) is 1.51. The second-order valence-electron chi connectivity index (χ2n) is 3.55. The van der Waals surface area contributed by atoms with Crippen LogP contribution in [0.1, 0.15) is 18.1 Å². The summed E-state index contributed by atoms with van der Waals surface area (Å²) < 4.78 is 23.8. The summed E-state index contributed by atoms with van der Waals surface area (Å²) in [7, 11) is -3.56. The maximum absolute atomic E-state index is 11.9. The molecule has 0 aromatic heterocycles. The lowest BCUT2D eigenvalue weighted by molar-refractivity contribution is -0.112. The monoisotopic (exact) mass is 222 g/mol. The molecule has 0 amide bonds. The third-order valence-corrected chi connectivity index (χ3v) is 4.40. The smallest absolute Gasteiger partial charge is 0.210 e. The van der Waals surface area contributed by atoms with Gasteiger partial charge < -0.3 is 0 Å². The lowest BCUT2D eigenvalue weighted by Gasteiger charge is -2.01. The number of carbonyl (C=O) groups is 1. The van der Waals surface area contributed by atoms with E-state index in [-0.39, 0.29) is 9.80 Å². The van der Waals surface area contributed by atoms with E-state index in [4.69, 9.17) is 0 Å². The minimum absolute atomic E-state index is 0.105. The van der Waals surface area contributed by atoms with E-state index in [0.29, 0.717) is 5.56 Å². The minimum atomic E-state index is -3.56. The van der Waals surface area contributed by atoms with Gasteiger partial charge in [-0.25, -0.2) is 8.42 Å². The fourth-order valence-corrected chi connectivity index (χ4v) is 3.35. The first-order valence-electron chi connectivity index (χ1n) is 4.52. The van der Waals surface area contributed by atoms with Gasteiger partial charge in [-0.2, -0.15) is 0 Å². The van der Waals surface area contributed by atoms with Gasteiger partial charge >= 0.3 is 0 Å². The summed E-state index contributed by atoms with van der Waals surface area (Å²) in [6, 6.07) is 5.04. The molecule has 2 rings (SSSR count). The van der Waals surface area contributed by atoms with Crippen molar-refractivity contribution in [1.29, 1.82) is 0 Å². The Bertz CT molecular complexity index is 580. The zero-order valence-electron chi connectivity index (χ0n) is 8.44. The maximum atomic E-state index is 11.9. The van der Waals surface area contributed by atoms with E-state index in [2.05, 4.69) is 0 Å². The quantitative estimate of drug-likeness (QED) is 0.726. The van der Waals surface area contributed by atoms with Crippen LogP contribution in [-0.2, 0) is 14.6 Å². The van der Waals surface area contributed by atoms with Crippen molar-refractivity contribution in [1.82, 2.24) is 0 Å². The highest BCUT2D eigenvalue weighted by molar-refractivity contribution is 7.96. The molecule has 0 radical (unpaired) electrons. The van der Waals surface area contributed by atoms with Gasteiger partial charge in [0.15, 0.2) is 5.78 Å². The second kappa shape index (κ2) is 3.03. The number of sulfone groups is 1. The Morgan fingerprint density at radius 3 is 2.47 bits per heavy atom. The van der Waals surface area contributed by atoms with Crippen molar-refractivity contribution in [2.45, 2.75) is 18.7 Å². The van der Waals surface area contributed by atoms with Gasteiger partial charge in [0.1, 0.15) is 4.91 Å². The zero-order valence-corrected chi connectivity index (χ0v) is 9.26. The van der Waals surface area contributed by atoms with Crippen LogP contribution in [0.3, 0.4) is 0 Å². The van der Waals surface area contributed by atoms with Gasteiger partial charge in [-0.05, 0) is 37.1 Å². The van der Waals surface area contributed by atoms with Crippen LogP contribution in [0.5, 0.6) is 0 Å². The molecule has 0 atom stereocenters. The molecule has 0 fully saturated rings. The Balaban J connectivity index is 2.81. The molecule has 1 aliphatic rings.